The predicted octanol–water partition coefficient (Wildman–Crippen LogP) is 3.23. The quantitative estimate of drug-likeness (QED) is 0.364. The number of rotatable bonds is 7. The normalized spacial score (nSPS) is 15.3. The first-order valence-electron chi connectivity index (χ1n) is 7.34. The van der Waals surface area contributed by atoms with Crippen molar-refractivity contribution in [1.29, 1.82) is 0 Å². The number of benzene rings is 1. The Labute approximate surface area is 163 Å². The van der Waals surface area contributed by atoms with Gasteiger partial charge in [-0.3, -0.25) is 19.3 Å². The summed E-state index contributed by atoms with van der Waals surface area (Å²) in [7, 11) is 2.69. The fourth-order valence-electron chi connectivity index (χ4n) is 2.05. The summed E-state index contributed by atoms with van der Waals surface area (Å²) in [4.78, 5) is 36.7. The molecule has 7 nitrogen and oxygen atoms in total. The molecule has 0 unspecified atom stereocenters. The van der Waals surface area contributed by atoms with Crippen LogP contribution in [0.2, 0.25) is 0 Å². The average molecular weight is 442 g/mol. The van der Waals surface area contributed by atoms with Crippen LogP contribution in [0.5, 0.6) is 11.5 Å². The number of methoxy groups -OCH3 is 2. The Balaban J connectivity index is 2.31. The molecule has 0 atom stereocenters. The molecule has 0 bridgehead atoms. The maximum absolute atomic E-state index is 12.4. The maximum atomic E-state index is 12.4. The van der Waals surface area contributed by atoms with E-state index in [-0.39, 0.29) is 4.91 Å². The van der Waals surface area contributed by atoms with Gasteiger partial charge in [0.15, 0.2) is 11.5 Å². The Kier molecular flexibility index (Phi) is 6.87. The lowest BCUT2D eigenvalue weighted by molar-refractivity contribution is -0.143. The van der Waals surface area contributed by atoms with Crippen LogP contribution in [0.15, 0.2) is 34.2 Å². The van der Waals surface area contributed by atoms with Gasteiger partial charge in [-0.05, 0) is 35.5 Å². The van der Waals surface area contributed by atoms with E-state index in [2.05, 4.69) is 27.2 Å². The lowest BCUT2D eigenvalue weighted by atomic mass is 10.2. The van der Waals surface area contributed by atoms with E-state index in [1.807, 2.05) is 0 Å². The van der Waals surface area contributed by atoms with E-state index in [0.717, 1.165) is 16.7 Å². The third-order valence-corrected chi connectivity index (χ3v) is 4.91. The summed E-state index contributed by atoms with van der Waals surface area (Å²) in [6.07, 6.45) is 3.16. The molecule has 1 fully saturated rings. The van der Waals surface area contributed by atoms with Gasteiger partial charge in [-0.2, -0.15) is 0 Å². The van der Waals surface area contributed by atoms with Crippen molar-refractivity contribution in [3.05, 3.63) is 39.7 Å². The van der Waals surface area contributed by atoms with E-state index < -0.39 is 23.7 Å². The summed E-state index contributed by atoms with van der Waals surface area (Å²) < 4.78 is 16.0. The average Bonchev–Trinajstić information content (AvgIpc) is 2.88. The molecule has 0 spiro atoms. The van der Waals surface area contributed by atoms with Crippen molar-refractivity contribution in [1.82, 2.24) is 4.90 Å². The third kappa shape index (κ3) is 4.47. The van der Waals surface area contributed by atoms with Gasteiger partial charge in [0.05, 0.1) is 19.1 Å². The highest BCUT2D eigenvalue weighted by Gasteiger charge is 2.36. The van der Waals surface area contributed by atoms with Crippen LogP contribution in [0.4, 0.5) is 4.79 Å². The number of nitrogens with zero attached hydrogens (tertiary/aromatic N) is 1. The van der Waals surface area contributed by atoms with Crippen molar-refractivity contribution in [3.63, 3.8) is 0 Å². The predicted molar refractivity (Wildman–Crippen MR) is 101 cm³/mol. The first-order valence-corrected chi connectivity index (χ1v) is 8.95. The molecular formula is C17H16BrNO6S. The van der Waals surface area contributed by atoms with E-state index in [1.165, 1.54) is 14.2 Å². The molecule has 9 heteroatoms. The van der Waals surface area contributed by atoms with Crippen molar-refractivity contribution >= 4 is 50.9 Å². The summed E-state index contributed by atoms with van der Waals surface area (Å²) in [5.74, 6) is -0.242. The monoisotopic (exact) mass is 441 g/mol. The Morgan fingerprint density at radius 1 is 1.31 bits per heavy atom. The van der Waals surface area contributed by atoms with E-state index in [0.29, 0.717) is 28.1 Å². The van der Waals surface area contributed by atoms with Gasteiger partial charge >= 0.3 is 5.97 Å². The number of ether oxygens (including phenoxy) is 3. The Bertz CT molecular complexity index is 792. The highest BCUT2D eigenvalue weighted by Crippen LogP contribution is 2.38. The number of hydrogen-bond acceptors (Lipinski definition) is 7. The molecule has 0 aliphatic carbocycles. The van der Waals surface area contributed by atoms with Gasteiger partial charge in [-0.25, -0.2) is 0 Å². The van der Waals surface area contributed by atoms with Crippen LogP contribution in [0.3, 0.4) is 0 Å². The molecule has 2 amide bonds. The number of esters is 1. The largest absolute Gasteiger partial charge is 0.493 e. The van der Waals surface area contributed by atoms with Crippen molar-refractivity contribution in [2.75, 3.05) is 27.4 Å². The second-order valence-corrected chi connectivity index (χ2v) is 6.82. The Hall–Kier alpha value is -2.26. The van der Waals surface area contributed by atoms with Gasteiger partial charge in [0.2, 0.25) is 0 Å². The zero-order valence-electron chi connectivity index (χ0n) is 14.1. The Morgan fingerprint density at radius 3 is 2.65 bits per heavy atom. The van der Waals surface area contributed by atoms with Gasteiger partial charge in [0.1, 0.15) is 13.2 Å². The SMILES string of the molecule is C=CCOc1cc(Br)c(/C=C2/SC(=O)N(CC(=O)OC)C2=O)cc1OC. The van der Waals surface area contributed by atoms with Crippen molar-refractivity contribution in [3.8, 4) is 11.5 Å². The van der Waals surface area contributed by atoms with Crippen molar-refractivity contribution in [2.45, 2.75) is 0 Å². The van der Waals surface area contributed by atoms with Crippen LogP contribution in [-0.4, -0.2) is 49.4 Å². The van der Waals surface area contributed by atoms with Crippen LogP contribution in [0.1, 0.15) is 5.56 Å². The van der Waals surface area contributed by atoms with Gasteiger partial charge in [-0.15, -0.1) is 0 Å². The highest BCUT2D eigenvalue weighted by atomic mass is 79.9. The number of halogens is 1. The molecule has 1 saturated heterocycles. The number of hydrogen-bond donors (Lipinski definition) is 0. The number of carbonyl (C=O) groups is 3. The molecule has 1 aliphatic rings. The fraction of sp³-hybridized carbons (Fsp3) is 0.235. The van der Waals surface area contributed by atoms with E-state index in [9.17, 15) is 14.4 Å². The summed E-state index contributed by atoms with van der Waals surface area (Å²) in [5, 5.41) is -0.527. The second kappa shape index (κ2) is 8.91. The van der Waals surface area contributed by atoms with Crippen LogP contribution in [0, 0.1) is 0 Å². The standard InChI is InChI=1S/C17H16BrNO6S/c1-4-5-25-13-8-11(18)10(6-12(13)23-2)7-14-16(21)19(17(22)26-14)9-15(20)24-3/h4,6-8H,1,5,9H2,2-3H3/b14-7+. The molecule has 0 radical (unpaired) electrons. The fourth-order valence-corrected chi connectivity index (χ4v) is 3.32. The molecule has 26 heavy (non-hydrogen) atoms. The van der Waals surface area contributed by atoms with Crippen LogP contribution in [-0.2, 0) is 14.3 Å². The molecule has 0 aromatic heterocycles. The summed E-state index contributed by atoms with van der Waals surface area (Å²) >= 11 is 4.17. The van der Waals surface area contributed by atoms with E-state index >= 15 is 0 Å². The molecule has 138 valence electrons. The van der Waals surface area contributed by atoms with Crippen LogP contribution in [0.25, 0.3) is 6.08 Å². The van der Waals surface area contributed by atoms with Crippen LogP contribution >= 0.6 is 27.7 Å². The summed E-state index contributed by atoms with van der Waals surface area (Å²) in [6.45, 7) is 3.49. The molecular weight excluding hydrogens is 426 g/mol. The highest BCUT2D eigenvalue weighted by molar-refractivity contribution is 9.10. The minimum absolute atomic E-state index is 0.196. The van der Waals surface area contributed by atoms with Crippen molar-refractivity contribution < 1.29 is 28.6 Å². The van der Waals surface area contributed by atoms with Gasteiger partial charge in [0.25, 0.3) is 11.1 Å². The lowest BCUT2D eigenvalue weighted by Crippen LogP contribution is -2.34. The molecule has 0 saturated carbocycles. The topological polar surface area (TPSA) is 82.1 Å². The maximum Gasteiger partial charge on any atom is 0.325 e. The lowest BCUT2D eigenvalue weighted by Gasteiger charge is -2.12. The molecule has 1 aromatic carbocycles. The zero-order chi connectivity index (χ0) is 19.3. The second-order valence-electron chi connectivity index (χ2n) is 4.97. The van der Waals surface area contributed by atoms with Gasteiger partial charge < -0.3 is 14.2 Å². The first kappa shape index (κ1) is 20.1. The third-order valence-electron chi connectivity index (χ3n) is 3.31. The van der Waals surface area contributed by atoms with Gasteiger partial charge in [-0.1, -0.05) is 28.6 Å². The molecule has 1 heterocycles. The van der Waals surface area contributed by atoms with Gasteiger partial charge in [0, 0.05) is 4.47 Å². The molecule has 0 N–H and O–H groups in total. The minimum atomic E-state index is -0.667. The first-order chi connectivity index (χ1) is 12.4. The minimum Gasteiger partial charge on any atom is -0.493 e. The van der Waals surface area contributed by atoms with E-state index in [1.54, 1.807) is 24.3 Å². The number of amides is 2. The number of imide groups is 1. The smallest absolute Gasteiger partial charge is 0.325 e. The molecule has 1 aliphatic heterocycles. The number of carbonyl (C=O) groups excluding carboxylic acids is 3. The summed E-state index contributed by atoms with van der Waals surface area (Å²) in [6, 6.07) is 3.38. The molecule has 2 rings (SSSR count). The van der Waals surface area contributed by atoms with E-state index in [4.69, 9.17) is 9.47 Å². The number of thioether (sulfide) groups is 1. The van der Waals surface area contributed by atoms with Crippen LogP contribution < -0.4 is 9.47 Å². The molecule has 1 aromatic rings. The Morgan fingerprint density at radius 2 is 2.04 bits per heavy atom. The zero-order valence-corrected chi connectivity index (χ0v) is 16.5. The summed E-state index contributed by atoms with van der Waals surface area (Å²) in [5.41, 5.74) is 0.622. The van der Waals surface area contributed by atoms with Crippen molar-refractivity contribution in [2.24, 2.45) is 0 Å².